The van der Waals surface area contributed by atoms with Crippen LogP contribution >= 0.6 is 11.8 Å². The van der Waals surface area contributed by atoms with Gasteiger partial charge in [0.2, 0.25) is 17.6 Å². The molecule has 31 heavy (non-hydrogen) atoms. The summed E-state index contributed by atoms with van der Waals surface area (Å²) in [5.41, 5.74) is 1.58. The first-order valence-corrected chi connectivity index (χ1v) is 10.6. The largest absolute Gasteiger partial charge is 0.497 e. The van der Waals surface area contributed by atoms with Crippen molar-refractivity contribution in [3.8, 4) is 17.1 Å². The average Bonchev–Trinajstić information content (AvgIpc) is 3.29. The molecule has 1 N–H and O–H groups in total. The lowest BCUT2D eigenvalue weighted by atomic mass is 10.2. The van der Waals surface area contributed by atoms with Gasteiger partial charge in [-0.3, -0.25) is 4.79 Å². The van der Waals surface area contributed by atoms with Crippen LogP contribution in [0.15, 0.2) is 93.2 Å². The van der Waals surface area contributed by atoms with E-state index in [-0.39, 0.29) is 12.3 Å². The van der Waals surface area contributed by atoms with Crippen molar-refractivity contribution in [3.63, 3.8) is 0 Å². The number of methoxy groups -OCH3 is 1. The molecule has 0 bridgehead atoms. The van der Waals surface area contributed by atoms with Crippen molar-refractivity contribution in [3.05, 3.63) is 84.8 Å². The minimum atomic E-state index is -0.109. The number of amides is 1. The molecule has 4 rings (SSSR count). The quantitative estimate of drug-likeness (QED) is 0.399. The third kappa shape index (κ3) is 5.52. The van der Waals surface area contributed by atoms with Gasteiger partial charge in [-0.25, -0.2) is 0 Å². The summed E-state index contributed by atoms with van der Waals surface area (Å²) in [5, 5.41) is 7.00. The Morgan fingerprint density at radius 2 is 1.84 bits per heavy atom. The number of aromatic nitrogens is 2. The van der Waals surface area contributed by atoms with Gasteiger partial charge in [-0.15, -0.1) is 0 Å². The van der Waals surface area contributed by atoms with E-state index in [2.05, 4.69) is 15.5 Å². The van der Waals surface area contributed by atoms with Gasteiger partial charge in [0.05, 0.1) is 12.8 Å². The molecule has 156 valence electrons. The topological polar surface area (TPSA) is 77.2 Å². The summed E-state index contributed by atoms with van der Waals surface area (Å²) in [4.78, 5) is 19.0. The molecule has 0 atom stereocenters. The van der Waals surface area contributed by atoms with Crippen LogP contribution < -0.4 is 10.1 Å². The number of carbonyl (C=O) groups is 1. The summed E-state index contributed by atoms with van der Waals surface area (Å²) in [6.07, 6.45) is 0.598. The Bertz CT molecular complexity index is 1160. The molecule has 0 fully saturated rings. The number of rotatable bonds is 8. The molecule has 3 aromatic carbocycles. The van der Waals surface area contributed by atoms with Gasteiger partial charge >= 0.3 is 0 Å². The van der Waals surface area contributed by atoms with Crippen molar-refractivity contribution in [1.29, 1.82) is 0 Å². The zero-order valence-electron chi connectivity index (χ0n) is 16.9. The van der Waals surface area contributed by atoms with Crippen LogP contribution in [0, 0.1) is 0 Å². The highest BCUT2D eigenvalue weighted by Gasteiger charge is 2.13. The molecule has 1 aromatic heterocycles. The molecule has 0 unspecified atom stereocenters. The fourth-order valence-electron chi connectivity index (χ4n) is 2.94. The fraction of sp³-hybridized carbons (Fsp3) is 0.125. The van der Waals surface area contributed by atoms with E-state index in [1.165, 1.54) is 0 Å². The average molecular weight is 432 g/mol. The molecule has 0 spiro atoms. The third-order valence-corrected chi connectivity index (χ3v) is 5.58. The third-order valence-electron chi connectivity index (χ3n) is 4.49. The number of nitrogens with one attached hydrogen (secondary N) is 1. The van der Waals surface area contributed by atoms with Crippen LogP contribution in [0.25, 0.3) is 11.4 Å². The predicted molar refractivity (Wildman–Crippen MR) is 120 cm³/mol. The van der Waals surface area contributed by atoms with Crippen molar-refractivity contribution < 1.29 is 14.1 Å². The molecule has 1 amide bonds. The van der Waals surface area contributed by atoms with E-state index in [9.17, 15) is 4.79 Å². The molecule has 1 heterocycles. The summed E-state index contributed by atoms with van der Waals surface area (Å²) in [5.74, 6) is 1.50. The molecule has 0 saturated carbocycles. The molecule has 0 aliphatic rings. The number of para-hydroxylation sites is 1. The molecule has 0 radical (unpaired) electrons. The van der Waals surface area contributed by atoms with Gasteiger partial charge in [-0.05, 0) is 36.4 Å². The summed E-state index contributed by atoms with van der Waals surface area (Å²) < 4.78 is 10.5. The van der Waals surface area contributed by atoms with Crippen LogP contribution in [0.3, 0.4) is 0 Å². The number of ether oxygens (including phenoxy) is 1. The van der Waals surface area contributed by atoms with Crippen LogP contribution in [0.5, 0.6) is 5.75 Å². The van der Waals surface area contributed by atoms with Gasteiger partial charge in [-0.1, -0.05) is 59.4 Å². The maximum Gasteiger partial charge on any atom is 0.227 e. The van der Waals surface area contributed by atoms with Crippen molar-refractivity contribution in [2.24, 2.45) is 0 Å². The van der Waals surface area contributed by atoms with E-state index in [0.717, 1.165) is 26.8 Å². The van der Waals surface area contributed by atoms with E-state index in [1.54, 1.807) is 18.9 Å². The lowest BCUT2D eigenvalue weighted by Crippen LogP contribution is -2.13. The Morgan fingerprint density at radius 3 is 2.68 bits per heavy atom. The minimum Gasteiger partial charge on any atom is -0.497 e. The molecule has 0 aliphatic heterocycles. The normalized spacial score (nSPS) is 10.6. The van der Waals surface area contributed by atoms with Crippen LogP contribution in [0.4, 0.5) is 5.69 Å². The zero-order chi connectivity index (χ0) is 21.5. The number of nitrogens with zero attached hydrogens (tertiary/aromatic N) is 2. The Morgan fingerprint density at radius 1 is 1.03 bits per heavy atom. The highest BCUT2D eigenvalue weighted by Crippen LogP contribution is 2.33. The Hall–Kier alpha value is -3.58. The highest BCUT2D eigenvalue weighted by molar-refractivity contribution is 7.99. The van der Waals surface area contributed by atoms with Crippen molar-refractivity contribution in [2.75, 3.05) is 12.4 Å². The maximum atomic E-state index is 12.5. The first-order chi connectivity index (χ1) is 15.2. The van der Waals surface area contributed by atoms with E-state index < -0.39 is 0 Å². The lowest BCUT2D eigenvalue weighted by molar-refractivity contribution is -0.116. The van der Waals surface area contributed by atoms with Gasteiger partial charge in [0.1, 0.15) is 5.75 Å². The number of hydrogen-bond donors (Lipinski definition) is 1. The lowest BCUT2D eigenvalue weighted by Gasteiger charge is -2.10. The number of benzene rings is 3. The summed E-state index contributed by atoms with van der Waals surface area (Å²) in [6, 6.07) is 25.2. The van der Waals surface area contributed by atoms with Crippen LogP contribution in [-0.2, 0) is 11.2 Å². The Labute approximate surface area is 184 Å². The molecular weight excluding hydrogens is 410 g/mol. The second-order valence-electron chi connectivity index (χ2n) is 6.70. The second kappa shape index (κ2) is 9.95. The zero-order valence-corrected chi connectivity index (χ0v) is 17.8. The first-order valence-electron chi connectivity index (χ1n) is 9.80. The van der Waals surface area contributed by atoms with Gasteiger partial charge in [0.25, 0.3) is 0 Å². The summed E-state index contributed by atoms with van der Waals surface area (Å²) in [6.45, 7) is 0. The monoisotopic (exact) mass is 431 g/mol. The molecule has 4 aromatic rings. The van der Waals surface area contributed by atoms with Crippen LogP contribution in [0.1, 0.15) is 12.3 Å². The Kier molecular flexibility index (Phi) is 6.64. The summed E-state index contributed by atoms with van der Waals surface area (Å²) in [7, 11) is 1.61. The van der Waals surface area contributed by atoms with Crippen LogP contribution in [0.2, 0.25) is 0 Å². The van der Waals surface area contributed by atoms with E-state index >= 15 is 0 Å². The first kappa shape index (κ1) is 20.7. The highest BCUT2D eigenvalue weighted by atomic mass is 32.2. The van der Waals surface area contributed by atoms with E-state index in [1.807, 2.05) is 78.9 Å². The Balaban J connectivity index is 1.37. The summed E-state index contributed by atoms with van der Waals surface area (Å²) >= 11 is 1.61. The fourth-order valence-corrected chi connectivity index (χ4v) is 3.87. The number of hydrogen-bond acceptors (Lipinski definition) is 6. The minimum absolute atomic E-state index is 0.109. The van der Waals surface area contributed by atoms with E-state index in [0.29, 0.717) is 18.1 Å². The van der Waals surface area contributed by atoms with Gasteiger partial charge < -0.3 is 14.6 Å². The molecule has 0 aliphatic carbocycles. The van der Waals surface area contributed by atoms with Gasteiger partial charge in [-0.2, -0.15) is 4.98 Å². The van der Waals surface area contributed by atoms with Crippen molar-refractivity contribution in [1.82, 2.24) is 10.1 Å². The van der Waals surface area contributed by atoms with Gasteiger partial charge in [0.15, 0.2) is 0 Å². The molecule has 6 nitrogen and oxygen atoms in total. The van der Waals surface area contributed by atoms with E-state index in [4.69, 9.17) is 9.26 Å². The maximum absolute atomic E-state index is 12.5. The molecule has 0 saturated heterocycles. The molecular formula is C24H21N3O3S. The number of aryl methyl sites for hydroxylation is 1. The van der Waals surface area contributed by atoms with Gasteiger partial charge in [0, 0.05) is 28.2 Å². The predicted octanol–water partition coefficient (Wildman–Crippen LogP) is 5.47. The van der Waals surface area contributed by atoms with Crippen molar-refractivity contribution >= 4 is 23.4 Å². The molecule has 7 heteroatoms. The number of anilines is 1. The van der Waals surface area contributed by atoms with Crippen molar-refractivity contribution in [2.45, 2.75) is 22.6 Å². The second-order valence-corrected chi connectivity index (χ2v) is 7.82. The number of carbonyl (C=O) groups excluding carboxylic acids is 1. The smallest absolute Gasteiger partial charge is 0.227 e. The SMILES string of the molecule is COc1cccc(-c2noc(CCC(=O)Nc3ccccc3Sc3ccccc3)n2)c1. The van der Waals surface area contributed by atoms with Crippen LogP contribution in [-0.4, -0.2) is 23.2 Å². The standard InChI is InChI=1S/C24H21N3O3S/c1-29-18-9-7-8-17(16-18)24-26-23(30-27-24)15-14-22(28)25-20-12-5-6-13-21(20)31-19-10-3-2-4-11-19/h2-13,16H,14-15H2,1H3,(H,25,28).